The zero-order valence-electron chi connectivity index (χ0n) is 10.9. The van der Waals surface area contributed by atoms with E-state index >= 15 is 0 Å². The molecule has 3 rings (SSSR count). The number of halogens is 1. The minimum Gasteiger partial charge on any atom is -0.496 e. The average molecular weight is 310 g/mol. The molecule has 0 bridgehead atoms. The highest BCUT2D eigenvalue weighted by atomic mass is 79.9. The molecule has 0 radical (unpaired) electrons. The number of rotatable bonds is 3. The van der Waals surface area contributed by atoms with Crippen LogP contribution in [0.2, 0.25) is 0 Å². The molecule has 2 unspecified atom stereocenters. The van der Waals surface area contributed by atoms with Gasteiger partial charge in [0.15, 0.2) is 0 Å². The lowest BCUT2D eigenvalue weighted by Crippen LogP contribution is -2.21. The number of ether oxygens (including phenoxy) is 1. The minimum absolute atomic E-state index is 0.914. The fraction of sp³-hybridized carbons (Fsp3) is 0.600. The Morgan fingerprint density at radius 3 is 2.61 bits per heavy atom. The highest BCUT2D eigenvalue weighted by Crippen LogP contribution is 2.38. The summed E-state index contributed by atoms with van der Waals surface area (Å²) < 4.78 is 6.33. The van der Waals surface area contributed by atoms with Gasteiger partial charge in [-0.2, -0.15) is 0 Å². The summed E-state index contributed by atoms with van der Waals surface area (Å²) in [4.78, 5) is 2.61. The summed E-state index contributed by atoms with van der Waals surface area (Å²) in [7, 11) is 1.71. The molecule has 2 fully saturated rings. The quantitative estimate of drug-likeness (QED) is 0.844. The van der Waals surface area contributed by atoms with E-state index in [0.29, 0.717) is 0 Å². The van der Waals surface area contributed by atoms with Crippen molar-refractivity contribution in [1.82, 2.24) is 4.90 Å². The van der Waals surface area contributed by atoms with E-state index in [9.17, 15) is 0 Å². The second kappa shape index (κ2) is 5.22. The van der Waals surface area contributed by atoms with Crippen LogP contribution in [0.4, 0.5) is 0 Å². The predicted molar refractivity (Wildman–Crippen MR) is 76.8 cm³/mol. The molecule has 1 heterocycles. The van der Waals surface area contributed by atoms with Gasteiger partial charge in [-0.05, 0) is 58.3 Å². The van der Waals surface area contributed by atoms with E-state index in [2.05, 4.69) is 39.0 Å². The van der Waals surface area contributed by atoms with Crippen molar-refractivity contribution < 1.29 is 4.74 Å². The smallest absolute Gasteiger partial charge is 0.133 e. The second-order valence-corrected chi connectivity index (χ2v) is 6.47. The molecule has 2 aliphatic rings. The number of methoxy groups -OCH3 is 1. The molecule has 1 aromatic rings. The zero-order valence-corrected chi connectivity index (χ0v) is 12.4. The molecule has 0 aromatic heterocycles. The molecule has 2 nitrogen and oxygen atoms in total. The molecule has 1 aliphatic heterocycles. The maximum Gasteiger partial charge on any atom is 0.133 e. The minimum atomic E-state index is 0.914. The van der Waals surface area contributed by atoms with Crippen molar-refractivity contribution in [3.63, 3.8) is 0 Å². The lowest BCUT2D eigenvalue weighted by molar-refractivity contribution is 0.303. The molecule has 98 valence electrons. The van der Waals surface area contributed by atoms with E-state index in [1.54, 1.807) is 7.11 Å². The third kappa shape index (κ3) is 2.43. The van der Waals surface area contributed by atoms with Crippen LogP contribution >= 0.6 is 15.9 Å². The van der Waals surface area contributed by atoms with Crippen LogP contribution < -0.4 is 4.74 Å². The SMILES string of the molecule is COc1ccc(CN2CC3CCCC3C2)cc1Br. The number of hydrogen-bond acceptors (Lipinski definition) is 2. The van der Waals surface area contributed by atoms with Crippen LogP contribution in [-0.2, 0) is 6.54 Å². The maximum atomic E-state index is 5.27. The largest absolute Gasteiger partial charge is 0.496 e. The highest BCUT2D eigenvalue weighted by Gasteiger charge is 2.35. The first-order valence-electron chi connectivity index (χ1n) is 6.81. The van der Waals surface area contributed by atoms with Crippen LogP contribution in [0.3, 0.4) is 0 Å². The molecular formula is C15H20BrNO. The van der Waals surface area contributed by atoms with Crippen molar-refractivity contribution in [2.24, 2.45) is 11.8 Å². The summed E-state index contributed by atoms with van der Waals surface area (Å²) in [6.45, 7) is 3.68. The summed E-state index contributed by atoms with van der Waals surface area (Å²) in [5.41, 5.74) is 1.38. The van der Waals surface area contributed by atoms with Crippen LogP contribution in [0.25, 0.3) is 0 Å². The summed E-state index contributed by atoms with van der Waals surface area (Å²) >= 11 is 3.56. The lowest BCUT2D eigenvalue weighted by atomic mass is 10.0. The Kier molecular flexibility index (Phi) is 3.62. The van der Waals surface area contributed by atoms with E-state index in [1.165, 1.54) is 37.9 Å². The lowest BCUT2D eigenvalue weighted by Gasteiger charge is -2.17. The number of hydrogen-bond donors (Lipinski definition) is 0. The van der Waals surface area contributed by atoms with Crippen molar-refractivity contribution in [1.29, 1.82) is 0 Å². The van der Waals surface area contributed by atoms with E-state index in [1.807, 2.05) is 0 Å². The van der Waals surface area contributed by atoms with Crippen LogP contribution in [0.15, 0.2) is 22.7 Å². The van der Waals surface area contributed by atoms with Gasteiger partial charge < -0.3 is 4.74 Å². The Morgan fingerprint density at radius 2 is 2.00 bits per heavy atom. The van der Waals surface area contributed by atoms with Crippen LogP contribution in [0.1, 0.15) is 24.8 Å². The first kappa shape index (κ1) is 12.5. The van der Waals surface area contributed by atoms with Gasteiger partial charge in [0.25, 0.3) is 0 Å². The summed E-state index contributed by atoms with van der Waals surface area (Å²) in [5, 5.41) is 0. The Morgan fingerprint density at radius 1 is 1.28 bits per heavy atom. The molecule has 0 spiro atoms. The van der Waals surface area contributed by atoms with Crippen LogP contribution in [-0.4, -0.2) is 25.1 Å². The van der Waals surface area contributed by atoms with Crippen molar-refractivity contribution in [2.75, 3.05) is 20.2 Å². The first-order valence-corrected chi connectivity index (χ1v) is 7.60. The van der Waals surface area contributed by atoms with Gasteiger partial charge in [-0.1, -0.05) is 12.5 Å². The van der Waals surface area contributed by atoms with Crippen molar-refractivity contribution in [2.45, 2.75) is 25.8 Å². The maximum absolute atomic E-state index is 5.27. The van der Waals surface area contributed by atoms with Gasteiger partial charge in [-0.15, -0.1) is 0 Å². The van der Waals surface area contributed by atoms with E-state index in [0.717, 1.165) is 28.6 Å². The van der Waals surface area contributed by atoms with Crippen molar-refractivity contribution >= 4 is 15.9 Å². The van der Waals surface area contributed by atoms with Gasteiger partial charge in [0.1, 0.15) is 5.75 Å². The standard InChI is InChI=1S/C15H20BrNO/c1-18-15-6-5-11(7-14(15)16)8-17-9-12-3-2-4-13(12)10-17/h5-7,12-13H,2-4,8-10H2,1H3. The number of fused-ring (bicyclic) bond motifs is 1. The Labute approximate surface area is 117 Å². The molecule has 1 aliphatic carbocycles. The van der Waals surface area contributed by atoms with Gasteiger partial charge in [0.05, 0.1) is 11.6 Å². The molecule has 1 aromatic carbocycles. The third-order valence-corrected chi connectivity index (χ3v) is 5.04. The topological polar surface area (TPSA) is 12.5 Å². The molecule has 1 saturated heterocycles. The Hall–Kier alpha value is -0.540. The second-order valence-electron chi connectivity index (χ2n) is 5.61. The summed E-state index contributed by atoms with van der Waals surface area (Å²) in [6, 6.07) is 6.42. The summed E-state index contributed by atoms with van der Waals surface area (Å²) in [5.74, 6) is 2.87. The van der Waals surface area contributed by atoms with Crippen molar-refractivity contribution in [3.8, 4) is 5.75 Å². The first-order chi connectivity index (χ1) is 8.76. The van der Waals surface area contributed by atoms with Gasteiger partial charge in [-0.3, -0.25) is 4.90 Å². The fourth-order valence-corrected chi connectivity index (χ4v) is 4.12. The van der Waals surface area contributed by atoms with Gasteiger partial charge in [0.2, 0.25) is 0 Å². The predicted octanol–water partition coefficient (Wildman–Crippen LogP) is 3.69. The molecule has 2 atom stereocenters. The van der Waals surface area contributed by atoms with Gasteiger partial charge in [0, 0.05) is 19.6 Å². The molecular weight excluding hydrogens is 290 g/mol. The highest BCUT2D eigenvalue weighted by molar-refractivity contribution is 9.10. The fourth-order valence-electron chi connectivity index (χ4n) is 3.53. The van der Waals surface area contributed by atoms with Crippen molar-refractivity contribution in [3.05, 3.63) is 28.2 Å². The average Bonchev–Trinajstić information content (AvgIpc) is 2.90. The monoisotopic (exact) mass is 309 g/mol. The number of likely N-dealkylation sites (tertiary alicyclic amines) is 1. The zero-order chi connectivity index (χ0) is 12.5. The molecule has 18 heavy (non-hydrogen) atoms. The molecule has 1 saturated carbocycles. The van der Waals surface area contributed by atoms with E-state index in [-0.39, 0.29) is 0 Å². The Balaban J connectivity index is 1.65. The van der Waals surface area contributed by atoms with E-state index in [4.69, 9.17) is 4.74 Å². The number of benzene rings is 1. The molecule has 3 heteroatoms. The van der Waals surface area contributed by atoms with Crippen LogP contribution in [0.5, 0.6) is 5.75 Å². The molecule has 0 N–H and O–H groups in total. The third-order valence-electron chi connectivity index (χ3n) is 4.42. The normalized spacial score (nSPS) is 27.4. The van der Waals surface area contributed by atoms with Gasteiger partial charge >= 0.3 is 0 Å². The van der Waals surface area contributed by atoms with Gasteiger partial charge in [-0.25, -0.2) is 0 Å². The van der Waals surface area contributed by atoms with Crippen LogP contribution in [0, 0.1) is 11.8 Å². The van der Waals surface area contributed by atoms with E-state index < -0.39 is 0 Å². The summed E-state index contributed by atoms with van der Waals surface area (Å²) in [6.07, 6.45) is 4.36. The molecule has 0 amide bonds. The Bertz CT molecular complexity index is 423. The number of nitrogens with zero attached hydrogens (tertiary/aromatic N) is 1.